The number of benzene rings is 3. The Balaban J connectivity index is 1.37. The fraction of sp³-hybridized carbons (Fsp3) is 0.259. The van der Waals surface area contributed by atoms with Crippen molar-refractivity contribution < 1.29 is 23.8 Å². The maximum atomic E-state index is 13.8. The Kier molecular flexibility index (Phi) is 4.90. The summed E-state index contributed by atoms with van der Waals surface area (Å²) in [5.41, 5.74) is 1.22. The van der Waals surface area contributed by atoms with Crippen LogP contribution < -0.4 is 9.64 Å². The van der Waals surface area contributed by atoms with Crippen molar-refractivity contribution in [1.82, 2.24) is 4.90 Å². The lowest BCUT2D eigenvalue weighted by Crippen LogP contribution is -2.74. The van der Waals surface area contributed by atoms with Gasteiger partial charge in [0.2, 0.25) is 5.60 Å². The lowest BCUT2D eigenvalue weighted by atomic mass is 9.73. The minimum atomic E-state index is -1.39. The summed E-state index contributed by atoms with van der Waals surface area (Å²) in [5.74, 6) is 0.209. The molecule has 34 heavy (non-hydrogen) atoms. The van der Waals surface area contributed by atoms with Crippen molar-refractivity contribution >= 4 is 17.5 Å². The van der Waals surface area contributed by atoms with E-state index in [1.807, 2.05) is 84.9 Å². The van der Waals surface area contributed by atoms with Gasteiger partial charge in [0.1, 0.15) is 11.8 Å². The van der Waals surface area contributed by atoms with Crippen molar-refractivity contribution in [2.75, 3.05) is 18.6 Å². The Hall–Kier alpha value is -3.68. The number of fused-ring (bicyclic) bond motifs is 3. The summed E-state index contributed by atoms with van der Waals surface area (Å²) in [6.07, 6.45) is -1.65. The number of carbonyl (C=O) groups is 2. The van der Waals surface area contributed by atoms with Gasteiger partial charge in [0, 0.05) is 12.2 Å². The maximum absolute atomic E-state index is 13.8. The molecule has 3 heterocycles. The molecule has 7 nitrogen and oxygen atoms in total. The number of methoxy groups -OCH3 is 1. The second-order valence-corrected chi connectivity index (χ2v) is 8.75. The van der Waals surface area contributed by atoms with Crippen molar-refractivity contribution in [3.8, 4) is 5.75 Å². The van der Waals surface area contributed by atoms with Crippen molar-refractivity contribution in [2.45, 2.75) is 30.6 Å². The summed E-state index contributed by atoms with van der Waals surface area (Å²) in [5, 5.41) is 0. The maximum Gasteiger partial charge on any atom is 0.265 e. The molecule has 3 aromatic carbocycles. The van der Waals surface area contributed by atoms with Gasteiger partial charge in [-0.2, -0.15) is 0 Å². The van der Waals surface area contributed by atoms with Gasteiger partial charge in [-0.3, -0.25) is 14.5 Å². The highest BCUT2D eigenvalue weighted by molar-refractivity contribution is 6.12. The molecule has 3 aliphatic heterocycles. The van der Waals surface area contributed by atoms with Gasteiger partial charge < -0.3 is 19.1 Å². The summed E-state index contributed by atoms with van der Waals surface area (Å²) in [7, 11) is 1.60. The zero-order valence-electron chi connectivity index (χ0n) is 18.7. The highest BCUT2D eigenvalue weighted by atomic mass is 16.8. The van der Waals surface area contributed by atoms with Gasteiger partial charge in [0.05, 0.1) is 13.7 Å². The Morgan fingerprint density at radius 1 is 0.941 bits per heavy atom. The number of carbonyl (C=O) groups excluding carboxylic acids is 2. The highest BCUT2D eigenvalue weighted by Gasteiger charge is 2.75. The summed E-state index contributed by atoms with van der Waals surface area (Å²) >= 11 is 0. The number of morpholine rings is 1. The number of anilines is 1. The molecule has 0 radical (unpaired) electrons. The van der Waals surface area contributed by atoms with Crippen LogP contribution in [0.4, 0.5) is 5.69 Å². The van der Waals surface area contributed by atoms with Crippen molar-refractivity contribution in [3.63, 3.8) is 0 Å². The van der Waals surface area contributed by atoms with Gasteiger partial charge in [0.15, 0.2) is 12.4 Å². The van der Waals surface area contributed by atoms with Crippen LogP contribution in [0.5, 0.6) is 5.75 Å². The molecule has 0 aliphatic carbocycles. The number of rotatable bonds is 5. The Morgan fingerprint density at radius 3 is 2.29 bits per heavy atom. The summed E-state index contributed by atoms with van der Waals surface area (Å²) in [6, 6.07) is 26.3. The number of nitrogens with zero attached hydrogens (tertiary/aromatic N) is 2. The van der Waals surface area contributed by atoms with E-state index in [9.17, 15) is 9.59 Å². The second-order valence-electron chi connectivity index (χ2n) is 8.75. The van der Waals surface area contributed by atoms with Gasteiger partial charge in [-0.05, 0) is 35.4 Å². The number of ether oxygens (including phenoxy) is 3. The third kappa shape index (κ3) is 3.04. The zero-order valence-corrected chi connectivity index (χ0v) is 18.7. The first kappa shape index (κ1) is 20.9. The molecular weight excluding hydrogens is 432 g/mol. The number of β-lactam (4-membered cyclic amide) rings is 1. The second kappa shape index (κ2) is 7.97. The van der Waals surface area contributed by atoms with E-state index in [4.69, 9.17) is 14.2 Å². The van der Waals surface area contributed by atoms with E-state index in [1.54, 1.807) is 16.9 Å². The molecule has 4 atom stereocenters. The molecule has 7 heteroatoms. The number of hydrogen-bond donors (Lipinski definition) is 0. The summed E-state index contributed by atoms with van der Waals surface area (Å²) in [6.45, 7) is 0.727. The Bertz CT molecular complexity index is 1220. The monoisotopic (exact) mass is 456 g/mol. The lowest BCUT2D eigenvalue weighted by molar-refractivity contribution is -0.164. The minimum absolute atomic E-state index is 0.221. The molecule has 172 valence electrons. The first-order chi connectivity index (χ1) is 16.6. The van der Waals surface area contributed by atoms with Gasteiger partial charge >= 0.3 is 0 Å². The standard InChI is InChI=1S/C27H24N2O5/c1-32-21-14-12-20(13-15-21)29-23(19-10-6-3-7-11-19)27(26(29)31)24-25(30)28(17-22(33-24)34-27)16-18-8-4-2-5-9-18/h2-15,22-24H,16-17H2,1H3/t22-,23+,24-,27+/m0/s1. The molecule has 6 rings (SSSR count). The minimum Gasteiger partial charge on any atom is -0.497 e. The third-order valence-corrected chi connectivity index (χ3v) is 6.81. The van der Waals surface area contributed by atoms with Crippen molar-refractivity contribution in [2.24, 2.45) is 0 Å². The van der Waals surface area contributed by atoms with Crippen LogP contribution in [-0.2, 0) is 25.6 Å². The van der Waals surface area contributed by atoms with E-state index >= 15 is 0 Å². The predicted molar refractivity (Wildman–Crippen MR) is 124 cm³/mol. The van der Waals surface area contributed by atoms with E-state index in [1.165, 1.54) is 0 Å². The number of amides is 2. The molecule has 0 N–H and O–H groups in total. The molecule has 1 spiro atoms. The molecule has 0 unspecified atom stereocenters. The van der Waals surface area contributed by atoms with E-state index < -0.39 is 24.0 Å². The largest absolute Gasteiger partial charge is 0.497 e. The Morgan fingerprint density at radius 2 is 1.62 bits per heavy atom. The normalized spacial score (nSPS) is 27.7. The molecule has 2 bridgehead atoms. The first-order valence-corrected chi connectivity index (χ1v) is 11.3. The molecule has 2 amide bonds. The molecule has 0 aromatic heterocycles. The SMILES string of the molecule is COc1ccc(N2C(=O)[C@@]3(O[C@H]4CN(Cc5ccccc5)C(=O)[C@@H]3O4)[C@H]2c2ccccc2)cc1. The van der Waals surface area contributed by atoms with Crippen LogP contribution in [0, 0.1) is 0 Å². The first-order valence-electron chi connectivity index (χ1n) is 11.3. The summed E-state index contributed by atoms with van der Waals surface area (Å²) in [4.78, 5) is 30.8. The van der Waals surface area contributed by atoms with Crippen LogP contribution in [-0.4, -0.2) is 48.4 Å². The number of hydrogen-bond acceptors (Lipinski definition) is 5. The van der Waals surface area contributed by atoms with E-state index in [2.05, 4.69) is 0 Å². The van der Waals surface area contributed by atoms with E-state index in [0.29, 0.717) is 18.0 Å². The fourth-order valence-electron chi connectivity index (χ4n) is 5.22. The summed E-state index contributed by atoms with van der Waals surface area (Å²) < 4.78 is 17.6. The third-order valence-electron chi connectivity index (χ3n) is 6.81. The highest BCUT2D eigenvalue weighted by Crippen LogP contribution is 2.55. The molecule has 3 aliphatic rings. The molecule has 0 saturated carbocycles. The molecule has 3 saturated heterocycles. The Labute approximate surface area is 197 Å². The topological polar surface area (TPSA) is 68.3 Å². The van der Waals surface area contributed by atoms with E-state index in [0.717, 1.165) is 11.1 Å². The average Bonchev–Trinajstić information content (AvgIpc) is 3.23. The van der Waals surface area contributed by atoms with Crippen molar-refractivity contribution in [3.05, 3.63) is 96.1 Å². The smallest absolute Gasteiger partial charge is 0.265 e. The van der Waals surface area contributed by atoms with Crippen LogP contribution in [0.1, 0.15) is 17.2 Å². The van der Waals surface area contributed by atoms with E-state index in [-0.39, 0.29) is 18.4 Å². The van der Waals surface area contributed by atoms with Gasteiger partial charge in [-0.25, -0.2) is 0 Å². The predicted octanol–water partition coefficient (Wildman–Crippen LogP) is 3.31. The molecule has 3 fully saturated rings. The molecule has 3 aromatic rings. The van der Waals surface area contributed by atoms with Gasteiger partial charge in [0.25, 0.3) is 11.8 Å². The van der Waals surface area contributed by atoms with Crippen LogP contribution in [0.2, 0.25) is 0 Å². The van der Waals surface area contributed by atoms with Crippen LogP contribution in [0.3, 0.4) is 0 Å². The average molecular weight is 456 g/mol. The van der Waals surface area contributed by atoms with Gasteiger partial charge in [-0.15, -0.1) is 0 Å². The zero-order chi connectivity index (χ0) is 23.3. The van der Waals surface area contributed by atoms with Crippen LogP contribution >= 0.6 is 0 Å². The quantitative estimate of drug-likeness (QED) is 0.551. The lowest BCUT2D eigenvalue weighted by Gasteiger charge is -2.54. The van der Waals surface area contributed by atoms with Gasteiger partial charge in [-0.1, -0.05) is 60.7 Å². The molecular formula is C27H24N2O5. The van der Waals surface area contributed by atoms with Crippen molar-refractivity contribution in [1.29, 1.82) is 0 Å². The van der Waals surface area contributed by atoms with Crippen LogP contribution in [0.25, 0.3) is 0 Å². The fourth-order valence-corrected chi connectivity index (χ4v) is 5.22. The van der Waals surface area contributed by atoms with Crippen LogP contribution in [0.15, 0.2) is 84.9 Å².